The van der Waals surface area contributed by atoms with Gasteiger partial charge < -0.3 is 14.6 Å². The number of carboxylic acid groups (broad SMARTS) is 1. The largest absolute Gasteiger partial charge is 0.490 e. The van der Waals surface area contributed by atoms with Crippen molar-refractivity contribution in [3.8, 4) is 11.5 Å². The van der Waals surface area contributed by atoms with Gasteiger partial charge in [0.25, 0.3) is 0 Å². The standard InChI is InChI=1S/C16H15FO4/c1-2-20-14-9-5-7-12(16(18)19)15(14)21-10-11-6-3-4-8-13(11)17/h3-9H,2,10H2,1H3,(H,18,19). The molecule has 0 aromatic heterocycles. The van der Waals surface area contributed by atoms with Gasteiger partial charge in [0.2, 0.25) is 0 Å². The molecule has 0 saturated carbocycles. The third-order valence-corrected chi connectivity index (χ3v) is 2.84. The summed E-state index contributed by atoms with van der Waals surface area (Å²) in [6.45, 7) is 2.09. The quantitative estimate of drug-likeness (QED) is 0.884. The van der Waals surface area contributed by atoms with Gasteiger partial charge in [-0.25, -0.2) is 9.18 Å². The first kappa shape index (κ1) is 14.8. The molecule has 2 aromatic rings. The molecule has 0 radical (unpaired) electrons. The number of carbonyl (C=O) groups is 1. The molecule has 0 aliphatic carbocycles. The van der Waals surface area contributed by atoms with Crippen molar-refractivity contribution in [1.29, 1.82) is 0 Å². The van der Waals surface area contributed by atoms with E-state index in [1.807, 2.05) is 0 Å². The van der Waals surface area contributed by atoms with E-state index in [-0.39, 0.29) is 17.9 Å². The Morgan fingerprint density at radius 1 is 1.14 bits per heavy atom. The topological polar surface area (TPSA) is 55.8 Å². The van der Waals surface area contributed by atoms with Gasteiger partial charge in [-0.3, -0.25) is 0 Å². The fourth-order valence-corrected chi connectivity index (χ4v) is 1.87. The number of halogens is 1. The average Bonchev–Trinajstić information content (AvgIpc) is 2.47. The van der Waals surface area contributed by atoms with Gasteiger partial charge in [-0.2, -0.15) is 0 Å². The van der Waals surface area contributed by atoms with Gasteiger partial charge in [0.1, 0.15) is 18.0 Å². The van der Waals surface area contributed by atoms with E-state index in [0.29, 0.717) is 17.9 Å². The lowest BCUT2D eigenvalue weighted by Crippen LogP contribution is -2.07. The third kappa shape index (κ3) is 3.51. The van der Waals surface area contributed by atoms with E-state index < -0.39 is 11.8 Å². The van der Waals surface area contributed by atoms with Crippen LogP contribution in [0.4, 0.5) is 4.39 Å². The lowest BCUT2D eigenvalue weighted by Gasteiger charge is -2.14. The van der Waals surface area contributed by atoms with Crippen LogP contribution in [0, 0.1) is 5.82 Å². The summed E-state index contributed by atoms with van der Waals surface area (Å²) in [5.41, 5.74) is 0.331. The summed E-state index contributed by atoms with van der Waals surface area (Å²) in [6, 6.07) is 10.8. The van der Waals surface area contributed by atoms with Crippen LogP contribution in [0.15, 0.2) is 42.5 Å². The van der Waals surface area contributed by atoms with Gasteiger partial charge in [0.15, 0.2) is 11.5 Å². The molecule has 0 fully saturated rings. The molecule has 2 rings (SSSR count). The van der Waals surface area contributed by atoms with Gasteiger partial charge in [-0.1, -0.05) is 24.3 Å². The summed E-state index contributed by atoms with van der Waals surface area (Å²) in [6.07, 6.45) is 0. The van der Waals surface area contributed by atoms with Crippen LogP contribution in [-0.4, -0.2) is 17.7 Å². The van der Waals surface area contributed by atoms with E-state index in [2.05, 4.69) is 0 Å². The van der Waals surface area contributed by atoms with E-state index in [1.165, 1.54) is 12.1 Å². The highest BCUT2D eigenvalue weighted by Crippen LogP contribution is 2.32. The average molecular weight is 290 g/mol. The Balaban J connectivity index is 2.29. The number of hydrogen-bond acceptors (Lipinski definition) is 3. The van der Waals surface area contributed by atoms with Crippen LogP contribution in [0.1, 0.15) is 22.8 Å². The summed E-state index contributed by atoms with van der Waals surface area (Å²) < 4.78 is 24.4. The van der Waals surface area contributed by atoms with Gasteiger partial charge in [0.05, 0.1) is 6.61 Å². The van der Waals surface area contributed by atoms with Crippen molar-refractivity contribution in [3.63, 3.8) is 0 Å². The van der Waals surface area contributed by atoms with E-state index in [4.69, 9.17) is 9.47 Å². The highest BCUT2D eigenvalue weighted by atomic mass is 19.1. The molecule has 0 bridgehead atoms. The van der Waals surface area contributed by atoms with Crippen LogP contribution >= 0.6 is 0 Å². The zero-order chi connectivity index (χ0) is 15.2. The summed E-state index contributed by atoms with van der Waals surface area (Å²) in [5.74, 6) is -1.09. The molecular weight excluding hydrogens is 275 g/mol. The van der Waals surface area contributed by atoms with Crippen molar-refractivity contribution in [2.75, 3.05) is 6.61 Å². The molecule has 0 amide bonds. The minimum atomic E-state index is -1.12. The van der Waals surface area contributed by atoms with Crippen molar-refractivity contribution < 1.29 is 23.8 Å². The Hall–Kier alpha value is -2.56. The van der Waals surface area contributed by atoms with Crippen LogP contribution in [0.25, 0.3) is 0 Å². The Labute approximate surface area is 121 Å². The normalized spacial score (nSPS) is 10.2. The van der Waals surface area contributed by atoms with E-state index in [1.54, 1.807) is 37.3 Å². The zero-order valence-corrected chi connectivity index (χ0v) is 11.5. The maximum atomic E-state index is 13.6. The van der Waals surface area contributed by atoms with Crippen LogP contribution in [0.3, 0.4) is 0 Å². The summed E-state index contributed by atoms with van der Waals surface area (Å²) >= 11 is 0. The fraction of sp³-hybridized carbons (Fsp3) is 0.188. The molecule has 0 spiro atoms. The minimum absolute atomic E-state index is 0.0164. The summed E-state index contributed by atoms with van der Waals surface area (Å²) in [5, 5.41) is 9.20. The highest BCUT2D eigenvalue weighted by molar-refractivity contribution is 5.92. The molecule has 2 aromatic carbocycles. The van der Waals surface area contributed by atoms with Crippen LogP contribution in [-0.2, 0) is 6.61 Å². The molecule has 0 aliphatic heterocycles. The number of rotatable bonds is 6. The number of aromatic carboxylic acids is 1. The van der Waals surface area contributed by atoms with Gasteiger partial charge in [0, 0.05) is 5.56 Å². The number of benzene rings is 2. The third-order valence-electron chi connectivity index (χ3n) is 2.84. The Morgan fingerprint density at radius 3 is 2.57 bits per heavy atom. The molecule has 0 heterocycles. The second-order valence-corrected chi connectivity index (χ2v) is 4.25. The monoisotopic (exact) mass is 290 g/mol. The molecule has 4 nitrogen and oxygen atoms in total. The maximum absolute atomic E-state index is 13.6. The van der Waals surface area contributed by atoms with E-state index in [9.17, 15) is 14.3 Å². The van der Waals surface area contributed by atoms with Crippen molar-refractivity contribution in [3.05, 3.63) is 59.4 Å². The molecule has 0 unspecified atom stereocenters. The van der Waals surface area contributed by atoms with E-state index >= 15 is 0 Å². The molecular formula is C16H15FO4. The molecule has 0 atom stereocenters. The fourth-order valence-electron chi connectivity index (χ4n) is 1.87. The number of ether oxygens (including phenoxy) is 2. The molecule has 0 aliphatic rings. The van der Waals surface area contributed by atoms with Crippen molar-refractivity contribution in [2.45, 2.75) is 13.5 Å². The Morgan fingerprint density at radius 2 is 1.90 bits per heavy atom. The maximum Gasteiger partial charge on any atom is 0.339 e. The molecule has 5 heteroatoms. The SMILES string of the molecule is CCOc1cccc(C(=O)O)c1OCc1ccccc1F. The van der Waals surface area contributed by atoms with Crippen molar-refractivity contribution >= 4 is 5.97 Å². The van der Waals surface area contributed by atoms with E-state index in [0.717, 1.165) is 0 Å². The number of hydrogen-bond donors (Lipinski definition) is 1. The van der Waals surface area contributed by atoms with Crippen LogP contribution < -0.4 is 9.47 Å². The Bertz CT molecular complexity index is 640. The summed E-state index contributed by atoms with van der Waals surface area (Å²) in [7, 11) is 0. The predicted octanol–water partition coefficient (Wildman–Crippen LogP) is 3.50. The summed E-state index contributed by atoms with van der Waals surface area (Å²) in [4.78, 5) is 11.2. The highest BCUT2D eigenvalue weighted by Gasteiger charge is 2.17. The predicted molar refractivity (Wildman–Crippen MR) is 75.3 cm³/mol. The molecule has 21 heavy (non-hydrogen) atoms. The van der Waals surface area contributed by atoms with Gasteiger partial charge in [-0.05, 0) is 25.1 Å². The Kier molecular flexibility index (Phi) is 4.77. The lowest BCUT2D eigenvalue weighted by atomic mass is 10.2. The molecule has 0 saturated heterocycles. The first-order valence-corrected chi connectivity index (χ1v) is 6.48. The second-order valence-electron chi connectivity index (χ2n) is 4.25. The van der Waals surface area contributed by atoms with Gasteiger partial charge in [-0.15, -0.1) is 0 Å². The lowest BCUT2D eigenvalue weighted by molar-refractivity contribution is 0.0690. The molecule has 1 N–H and O–H groups in total. The number of carboxylic acids is 1. The van der Waals surface area contributed by atoms with Crippen molar-refractivity contribution in [1.82, 2.24) is 0 Å². The molecule has 110 valence electrons. The van der Waals surface area contributed by atoms with Crippen LogP contribution in [0.5, 0.6) is 11.5 Å². The number of para-hydroxylation sites is 1. The smallest absolute Gasteiger partial charge is 0.339 e. The zero-order valence-electron chi connectivity index (χ0n) is 11.5. The minimum Gasteiger partial charge on any atom is -0.490 e. The van der Waals surface area contributed by atoms with Crippen LogP contribution in [0.2, 0.25) is 0 Å². The van der Waals surface area contributed by atoms with Gasteiger partial charge >= 0.3 is 5.97 Å². The van der Waals surface area contributed by atoms with Crippen molar-refractivity contribution in [2.24, 2.45) is 0 Å². The second kappa shape index (κ2) is 6.74. The first-order valence-electron chi connectivity index (χ1n) is 6.48. The first-order chi connectivity index (χ1) is 10.1.